The number of unbranched alkanes of at least 4 members (excludes halogenated alkanes) is 25. The Bertz CT molecular complexity index is 1300. The van der Waals surface area contributed by atoms with Gasteiger partial charge in [0.1, 0.15) is 19.3 Å². The number of rotatable bonds is 51. The number of phosphoric ester groups is 1. The third-order valence-electron chi connectivity index (χ3n) is 11.8. The fourth-order valence-electron chi connectivity index (χ4n) is 7.52. The van der Waals surface area contributed by atoms with Crippen LogP contribution in [0.15, 0.2) is 72.9 Å². The van der Waals surface area contributed by atoms with E-state index in [9.17, 15) is 14.3 Å². The first-order valence-corrected chi connectivity index (χ1v) is 29.2. The van der Waals surface area contributed by atoms with Crippen molar-refractivity contribution in [2.45, 2.75) is 238 Å². The van der Waals surface area contributed by atoms with E-state index < -0.39 is 13.9 Å². The zero-order chi connectivity index (χ0) is 49.0. The van der Waals surface area contributed by atoms with Crippen LogP contribution in [-0.4, -0.2) is 75.6 Å². The van der Waals surface area contributed by atoms with Gasteiger partial charge in [-0.05, 0) is 83.5 Å². The first kappa shape index (κ1) is 64.9. The van der Waals surface area contributed by atoms with E-state index in [0.29, 0.717) is 24.1 Å². The number of phosphoric acid groups is 1. The highest BCUT2D eigenvalue weighted by Crippen LogP contribution is 2.43. The predicted octanol–water partition coefficient (Wildman–Crippen LogP) is 17.4. The maximum atomic E-state index is 12.8. The van der Waals surface area contributed by atoms with Gasteiger partial charge in [-0.1, -0.05) is 215 Å². The first-order chi connectivity index (χ1) is 32.6. The molecule has 0 bridgehead atoms. The van der Waals surface area contributed by atoms with Crippen molar-refractivity contribution >= 4 is 13.8 Å². The Kier molecular flexibility index (Phi) is 48.8. The van der Waals surface area contributed by atoms with Crippen LogP contribution in [0, 0.1) is 0 Å². The number of quaternary nitrogens is 1. The number of esters is 1. The molecular formula is C58H107NO7P+. The number of nitrogens with zero attached hydrogens (tertiary/aromatic N) is 1. The van der Waals surface area contributed by atoms with E-state index in [4.69, 9.17) is 18.5 Å². The molecule has 0 aliphatic carbocycles. The van der Waals surface area contributed by atoms with Crippen LogP contribution in [0.4, 0.5) is 0 Å². The van der Waals surface area contributed by atoms with Gasteiger partial charge in [0.25, 0.3) is 0 Å². The summed E-state index contributed by atoms with van der Waals surface area (Å²) in [7, 11) is 1.66. The molecule has 0 radical (unpaired) electrons. The Morgan fingerprint density at radius 1 is 0.478 bits per heavy atom. The lowest BCUT2D eigenvalue weighted by atomic mass is 10.1. The van der Waals surface area contributed by atoms with Gasteiger partial charge in [-0.15, -0.1) is 0 Å². The second-order valence-electron chi connectivity index (χ2n) is 19.6. The molecule has 0 rings (SSSR count). The molecule has 0 amide bonds. The zero-order valence-corrected chi connectivity index (χ0v) is 45.3. The van der Waals surface area contributed by atoms with Crippen LogP contribution in [0.3, 0.4) is 0 Å². The average Bonchev–Trinajstić information content (AvgIpc) is 3.29. The molecule has 0 aromatic heterocycles. The first-order valence-electron chi connectivity index (χ1n) is 27.7. The Morgan fingerprint density at radius 3 is 1.31 bits per heavy atom. The lowest BCUT2D eigenvalue weighted by Crippen LogP contribution is -2.37. The minimum Gasteiger partial charge on any atom is -0.457 e. The molecule has 0 fully saturated rings. The van der Waals surface area contributed by atoms with Crippen molar-refractivity contribution in [2.75, 3.05) is 54.1 Å². The molecule has 0 aliphatic rings. The molecule has 8 nitrogen and oxygen atoms in total. The third kappa shape index (κ3) is 54.7. The molecule has 67 heavy (non-hydrogen) atoms. The fraction of sp³-hybridized carbons (Fsp3) is 0.776. The van der Waals surface area contributed by atoms with Gasteiger partial charge in [0, 0.05) is 13.0 Å². The molecule has 0 heterocycles. The highest BCUT2D eigenvalue weighted by Gasteiger charge is 2.26. The number of hydrogen-bond donors (Lipinski definition) is 1. The van der Waals surface area contributed by atoms with E-state index in [-0.39, 0.29) is 25.8 Å². The Hall–Kier alpha value is -2.06. The predicted molar refractivity (Wildman–Crippen MR) is 288 cm³/mol. The summed E-state index contributed by atoms with van der Waals surface area (Å²) < 4.78 is 35.2. The van der Waals surface area contributed by atoms with E-state index >= 15 is 0 Å². The van der Waals surface area contributed by atoms with Gasteiger partial charge >= 0.3 is 13.8 Å². The quantitative estimate of drug-likeness (QED) is 0.0213. The summed E-state index contributed by atoms with van der Waals surface area (Å²) in [6.45, 7) is 5.50. The highest BCUT2D eigenvalue weighted by molar-refractivity contribution is 7.47. The number of allylic oxidation sites excluding steroid dienone is 12. The summed E-state index contributed by atoms with van der Waals surface area (Å²) in [5, 5.41) is 0. The van der Waals surface area contributed by atoms with Crippen molar-refractivity contribution < 1.29 is 37.3 Å². The molecule has 0 saturated heterocycles. The number of carbonyl (C=O) groups is 1. The van der Waals surface area contributed by atoms with Crippen LogP contribution >= 0.6 is 7.82 Å². The summed E-state index contributed by atoms with van der Waals surface area (Å²) >= 11 is 0. The van der Waals surface area contributed by atoms with Crippen molar-refractivity contribution in [3.8, 4) is 0 Å². The molecule has 2 atom stereocenters. The molecule has 0 saturated carbocycles. The number of likely N-dealkylation sites (N-methyl/N-ethyl adjacent to an activating group) is 1. The molecule has 0 aromatic rings. The summed E-state index contributed by atoms with van der Waals surface area (Å²) in [6.07, 6.45) is 66.7. The number of ether oxygens (including phenoxy) is 2. The van der Waals surface area contributed by atoms with Gasteiger partial charge in [-0.3, -0.25) is 13.8 Å². The minimum atomic E-state index is -4.29. The largest absolute Gasteiger partial charge is 0.472 e. The molecule has 9 heteroatoms. The molecule has 0 spiro atoms. The SMILES string of the molecule is CC/C=C\C/C=C\C/C=C\C/C=C\C/C=C\CCCCCCCCCCOCC(COP(=O)(O)OCC[N+](C)(C)C)OC(=O)CCCCCCCCCCC/C=C\CCCCCCCCCC. The van der Waals surface area contributed by atoms with Crippen LogP contribution in [0.5, 0.6) is 0 Å². The fourth-order valence-corrected chi connectivity index (χ4v) is 8.26. The van der Waals surface area contributed by atoms with Crippen molar-refractivity contribution in [3.63, 3.8) is 0 Å². The van der Waals surface area contributed by atoms with Crippen molar-refractivity contribution in [2.24, 2.45) is 0 Å². The minimum absolute atomic E-state index is 0.0837. The zero-order valence-electron chi connectivity index (χ0n) is 44.4. The molecular weight excluding hydrogens is 854 g/mol. The second-order valence-corrected chi connectivity index (χ2v) is 21.0. The lowest BCUT2D eigenvalue weighted by molar-refractivity contribution is -0.870. The molecule has 1 N–H and O–H groups in total. The normalized spacial score (nSPS) is 14.1. The van der Waals surface area contributed by atoms with Gasteiger partial charge < -0.3 is 18.9 Å². The highest BCUT2D eigenvalue weighted by atomic mass is 31.2. The lowest BCUT2D eigenvalue weighted by Gasteiger charge is -2.24. The van der Waals surface area contributed by atoms with Gasteiger partial charge in [0.15, 0.2) is 0 Å². The Labute approximate surface area is 414 Å². The van der Waals surface area contributed by atoms with Crippen LogP contribution in [0.25, 0.3) is 0 Å². The Balaban J connectivity index is 4.13. The van der Waals surface area contributed by atoms with E-state index in [1.54, 1.807) is 0 Å². The van der Waals surface area contributed by atoms with Crippen LogP contribution in [-0.2, 0) is 27.9 Å². The maximum Gasteiger partial charge on any atom is 0.472 e. The van der Waals surface area contributed by atoms with E-state index in [1.165, 1.54) is 141 Å². The molecule has 2 unspecified atom stereocenters. The van der Waals surface area contributed by atoms with Gasteiger partial charge in [0.05, 0.1) is 34.4 Å². The van der Waals surface area contributed by atoms with Crippen molar-refractivity contribution in [3.05, 3.63) is 72.9 Å². The van der Waals surface area contributed by atoms with Gasteiger partial charge in [-0.25, -0.2) is 4.57 Å². The maximum absolute atomic E-state index is 12.8. The van der Waals surface area contributed by atoms with Crippen molar-refractivity contribution in [1.82, 2.24) is 0 Å². The Morgan fingerprint density at radius 2 is 0.866 bits per heavy atom. The molecule has 0 aliphatic heterocycles. The standard InChI is InChI=1S/C58H106NO7P/c1-6-8-10-12-14-16-18-20-22-24-26-28-29-30-32-34-36-38-40-42-44-46-48-50-53-63-55-57(56-65-67(61,62)64-54-52-59(3,4)5)66-58(60)51-49-47-45-43-41-39-37-35-33-31-27-25-23-21-19-17-15-13-11-9-7-2/h8,10,14,16,20,22,25-28,30,32,57H,6-7,9,11-13,15,17-19,21,23-24,29,31,33-56H2,1-5H3/p+1/b10-8-,16-14-,22-20-,27-25-,28-26-,32-30-. The van der Waals surface area contributed by atoms with E-state index in [2.05, 4.69) is 86.8 Å². The topological polar surface area (TPSA) is 91.3 Å². The second kappa shape index (κ2) is 50.3. The van der Waals surface area contributed by atoms with Gasteiger partial charge in [-0.2, -0.15) is 0 Å². The third-order valence-corrected chi connectivity index (χ3v) is 12.7. The number of carbonyl (C=O) groups excluding carboxylic acids is 1. The van der Waals surface area contributed by atoms with Gasteiger partial charge in [0.2, 0.25) is 0 Å². The van der Waals surface area contributed by atoms with E-state index in [1.807, 2.05) is 21.1 Å². The monoisotopic (exact) mass is 961 g/mol. The van der Waals surface area contributed by atoms with Crippen LogP contribution in [0.2, 0.25) is 0 Å². The summed E-state index contributed by atoms with van der Waals surface area (Å²) in [6, 6.07) is 0. The summed E-state index contributed by atoms with van der Waals surface area (Å²) in [5.41, 5.74) is 0. The smallest absolute Gasteiger partial charge is 0.457 e. The van der Waals surface area contributed by atoms with E-state index in [0.717, 1.165) is 70.6 Å². The molecule has 390 valence electrons. The van der Waals surface area contributed by atoms with Crippen molar-refractivity contribution in [1.29, 1.82) is 0 Å². The van der Waals surface area contributed by atoms with Crippen LogP contribution in [0.1, 0.15) is 232 Å². The summed E-state index contributed by atoms with van der Waals surface area (Å²) in [5.74, 6) is -0.319. The number of hydrogen-bond acceptors (Lipinski definition) is 6. The molecule has 0 aromatic carbocycles. The van der Waals surface area contributed by atoms with Crippen LogP contribution < -0.4 is 0 Å². The summed E-state index contributed by atoms with van der Waals surface area (Å²) in [4.78, 5) is 23.1. The average molecular weight is 961 g/mol.